The molecule has 0 spiro atoms. The van der Waals surface area contributed by atoms with Crippen LogP contribution in [0.25, 0.3) is 0 Å². The number of hydrogen-bond acceptors (Lipinski definition) is 3. The van der Waals surface area contributed by atoms with Crippen LogP contribution in [0.4, 0.5) is 0 Å². The molecule has 1 aromatic rings. The van der Waals surface area contributed by atoms with Gasteiger partial charge < -0.3 is 15.4 Å². The minimum absolute atomic E-state index is 0. The topological polar surface area (TPSA) is 55.6 Å². The summed E-state index contributed by atoms with van der Waals surface area (Å²) in [7, 11) is 1.56. The molecular formula is C13H19ClN2O2. The fourth-order valence-electron chi connectivity index (χ4n) is 2.16. The molecule has 1 aliphatic heterocycles. The van der Waals surface area contributed by atoms with Gasteiger partial charge in [0.2, 0.25) is 0 Å². The third kappa shape index (κ3) is 3.22. The summed E-state index contributed by atoms with van der Waals surface area (Å²) in [4.78, 5) is 14.1. The van der Waals surface area contributed by atoms with Gasteiger partial charge in [0.05, 0.1) is 0 Å². The number of rotatable bonds is 3. The Morgan fingerprint density at radius 2 is 2.11 bits per heavy atom. The van der Waals surface area contributed by atoms with Gasteiger partial charge in [-0.1, -0.05) is 30.3 Å². The van der Waals surface area contributed by atoms with Gasteiger partial charge in [0.15, 0.2) is 6.10 Å². The maximum atomic E-state index is 12.3. The van der Waals surface area contributed by atoms with E-state index in [9.17, 15) is 4.79 Å². The number of hydrogen-bond donors (Lipinski definition) is 1. The monoisotopic (exact) mass is 270 g/mol. The van der Waals surface area contributed by atoms with E-state index in [1.165, 1.54) is 0 Å². The van der Waals surface area contributed by atoms with E-state index in [0.29, 0.717) is 6.54 Å². The molecule has 1 heterocycles. The molecule has 4 nitrogen and oxygen atoms in total. The molecule has 0 radical (unpaired) electrons. The fraction of sp³-hybridized carbons (Fsp3) is 0.462. The SMILES string of the molecule is COC(C(=O)N1CCC(N)C1)c1ccccc1.Cl. The van der Waals surface area contributed by atoms with E-state index in [1.807, 2.05) is 30.3 Å². The minimum atomic E-state index is -0.513. The van der Waals surface area contributed by atoms with Gasteiger partial charge in [-0.15, -0.1) is 12.4 Å². The lowest BCUT2D eigenvalue weighted by Gasteiger charge is -2.22. The second kappa shape index (κ2) is 6.73. The number of nitrogens with two attached hydrogens (primary N) is 1. The van der Waals surface area contributed by atoms with Gasteiger partial charge in [0.25, 0.3) is 5.91 Å². The van der Waals surface area contributed by atoms with E-state index >= 15 is 0 Å². The first kappa shape index (κ1) is 15.0. The van der Waals surface area contributed by atoms with Crippen molar-refractivity contribution >= 4 is 18.3 Å². The Bertz CT molecular complexity index is 386. The molecule has 0 saturated carbocycles. The molecule has 2 N–H and O–H groups in total. The van der Waals surface area contributed by atoms with Gasteiger partial charge in [0.1, 0.15) is 0 Å². The molecule has 18 heavy (non-hydrogen) atoms. The second-order valence-corrected chi connectivity index (χ2v) is 4.36. The van der Waals surface area contributed by atoms with Gasteiger partial charge in [-0.05, 0) is 12.0 Å². The Morgan fingerprint density at radius 1 is 1.44 bits per heavy atom. The number of halogens is 1. The number of likely N-dealkylation sites (tertiary alicyclic amines) is 1. The molecule has 100 valence electrons. The lowest BCUT2D eigenvalue weighted by molar-refractivity contribution is -0.141. The summed E-state index contributed by atoms with van der Waals surface area (Å²) in [6.45, 7) is 1.36. The average Bonchev–Trinajstić information content (AvgIpc) is 2.78. The van der Waals surface area contributed by atoms with E-state index < -0.39 is 6.10 Å². The van der Waals surface area contributed by atoms with Crippen LogP contribution in [-0.4, -0.2) is 37.0 Å². The Kier molecular flexibility index (Phi) is 5.59. The molecule has 1 fully saturated rings. The highest BCUT2D eigenvalue weighted by Gasteiger charge is 2.30. The molecule has 1 aromatic carbocycles. The number of carbonyl (C=O) groups excluding carboxylic acids is 1. The van der Waals surface area contributed by atoms with E-state index in [0.717, 1.165) is 18.5 Å². The third-order valence-electron chi connectivity index (χ3n) is 3.10. The van der Waals surface area contributed by atoms with Crippen molar-refractivity contribution in [2.24, 2.45) is 5.73 Å². The molecule has 0 aliphatic carbocycles. The Labute approximate surface area is 114 Å². The maximum Gasteiger partial charge on any atom is 0.256 e. The molecule has 1 aliphatic rings. The number of carbonyl (C=O) groups is 1. The Morgan fingerprint density at radius 3 is 2.61 bits per heavy atom. The first-order chi connectivity index (χ1) is 8.22. The zero-order valence-corrected chi connectivity index (χ0v) is 11.2. The van der Waals surface area contributed by atoms with Crippen molar-refractivity contribution in [1.82, 2.24) is 4.90 Å². The molecule has 2 rings (SSSR count). The van der Waals surface area contributed by atoms with Crippen LogP contribution >= 0.6 is 12.4 Å². The summed E-state index contributed by atoms with van der Waals surface area (Å²) in [5.41, 5.74) is 6.70. The van der Waals surface area contributed by atoms with Crippen LogP contribution in [0.1, 0.15) is 18.1 Å². The van der Waals surface area contributed by atoms with Gasteiger partial charge in [-0.3, -0.25) is 4.79 Å². The van der Waals surface area contributed by atoms with Gasteiger partial charge in [-0.25, -0.2) is 0 Å². The van der Waals surface area contributed by atoms with Crippen LogP contribution in [0.3, 0.4) is 0 Å². The van der Waals surface area contributed by atoms with Crippen molar-refractivity contribution in [1.29, 1.82) is 0 Å². The van der Waals surface area contributed by atoms with E-state index in [2.05, 4.69) is 0 Å². The summed E-state index contributed by atoms with van der Waals surface area (Å²) >= 11 is 0. The van der Waals surface area contributed by atoms with Crippen molar-refractivity contribution in [2.45, 2.75) is 18.6 Å². The predicted octanol–water partition coefficient (Wildman–Crippen LogP) is 1.36. The Hall–Kier alpha value is -1.10. The highest BCUT2D eigenvalue weighted by Crippen LogP contribution is 2.21. The maximum absolute atomic E-state index is 12.3. The van der Waals surface area contributed by atoms with E-state index in [-0.39, 0.29) is 24.4 Å². The number of ether oxygens (including phenoxy) is 1. The predicted molar refractivity (Wildman–Crippen MR) is 72.6 cm³/mol. The number of benzene rings is 1. The quantitative estimate of drug-likeness (QED) is 0.902. The van der Waals surface area contributed by atoms with Gasteiger partial charge >= 0.3 is 0 Å². The van der Waals surface area contributed by atoms with Crippen LogP contribution in [0.2, 0.25) is 0 Å². The minimum Gasteiger partial charge on any atom is -0.367 e. The number of methoxy groups -OCH3 is 1. The van der Waals surface area contributed by atoms with Crippen molar-refractivity contribution in [3.63, 3.8) is 0 Å². The standard InChI is InChI=1S/C13H18N2O2.ClH/c1-17-12(10-5-3-2-4-6-10)13(16)15-8-7-11(14)9-15;/h2-6,11-12H,7-9,14H2,1H3;1H. The molecule has 5 heteroatoms. The van der Waals surface area contributed by atoms with Crippen LogP contribution in [0.5, 0.6) is 0 Å². The summed E-state index contributed by atoms with van der Waals surface area (Å²) in [5.74, 6) is 0.00616. The number of nitrogens with zero attached hydrogens (tertiary/aromatic N) is 1. The number of amides is 1. The molecule has 2 unspecified atom stereocenters. The van der Waals surface area contributed by atoms with Gasteiger partial charge in [0, 0.05) is 26.2 Å². The molecular weight excluding hydrogens is 252 g/mol. The van der Waals surface area contributed by atoms with Crippen LogP contribution < -0.4 is 5.73 Å². The zero-order valence-electron chi connectivity index (χ0n) is 10.4. The molecule has 2 atom stereocenters. The lowest BCUT2D eigenvalue weighted by atomic mass is 10.1. The fourth-order valence-corrected chi connectivity index (χ4v) is 2.16. The molecule has 0 aromatic heterocycles. The summed E-state index contributed by atoms with van der Waals surface area (Å²) < 4.78 is 5.31. The summed E-state index contributed by atoms with van der Waals surface area (Å²) in [6, 6.07) is 9.65. The second-order valence-electron chi connectivity index (χ2n) is 4.36. The van der Waals surface area contributed by atoms with Crippen LogP contribution in [0.15, 0.2) is 30.3 Å². The van der Waals surface area contributed by atoms with Crippen LogP contribution in [0, 0.1) is 0 Å². The molecule has 0 bridgehead atoms. The van der Waals surface area contributed by atoms with Crippen LogP contribution in [-0.2, 0) is 9.53 Å². The van der Waals surface area contributed by atoms with Crippen molar-refractivity contribution in [3.8, 4) is 0 Å². The zero-order chi connectivity index (χ0) is 12.3. The summed E-state index contributed by atoms with van der Waals surface area (Å²) in [6.07, 6.45) is 0.359. The van der Waals surface area contributed by atoms with Crippen molar-refractivity contribution in [3.05, 3.63) is 35.9 Å². The first-order valence-electron chi connectivity index (χ1n) is 5.84. The lowest BCUT2D eigenvalue weighted by Crippen LogP contribution is -2.36. The highest BCUT2D eigenvalue weighted by molar-refractivity contribution is 5.85. The van der Waals surface area contributed by atoms with E-state index in [4.69, 9.17) is 10.5 Å². The largest absolute Gasteiger partial charge is 0.367 e. The van der Waals surface area contributed by atoms with Gasteiger partial charge in [-0.2, -0.15) is 0 Å². The molecule has 1 amide bonds. The Balaban J connectivity index is 0.00000162. The third-order valence-corrected chi connectivity index (χ3v) is 3.10. The average molecular weight is 271 g/mol. The highest BCUT2D eigenvalue weighted by atomic mass is 35.5. The van der Waals surface area contributed by atoms with E-state index in [1.54, 1.807) is 12.0 Å². The normalized spacial score (nSPS) is 20.3. The van der Waals surface area contributed by atoms with Crippen molar-refractivity contribution in [2.75, 3.05) is 20.2 Å². The smallest absolute Gasteiger partial charge is 0.256 e. The first-order valence-corrected chi connectivity index (χ1v) is 5.84. The molecule has 1 saturated heterocycles. The van der Waals surface area contributed by atoms with Crippen molar-refractivity contribution < 1.29 is 9.53 Å². The summed E-state index contributed by atoms with van der Waals surface area (Å²) in [5, 5.41) is 0.